The van der Waals surface area contributed by atoms with E-state index in [0.29, 0.717) is 22.4 Å². The molecule has 3 aromatic carbocycles. The molecule has 0 aliphatic carbocycles. The van der Waals surface area contributed by atoms with Gasteiger partial charge >= 0.3 is 0 Å². The second-order valence-electron chi connectivity index (χ2n) is 7.01. The van der Waals surface area contributed by atoms with Crippen LogP contribution in [0.3, 0.4) is 0 Å². The lowest BCUT2D eigenvalue weighted by Crippen LogP contribution is -2.27. The minimum absolute atomic E-state index is 0.0671. The Morgan fingerprint density at radius 1 is 0.967 bits per heavy atom. The second kappa shape index (κ2) is 9.28. The molecule has 0 radical (unpaired) electrons. The highest BCUT2D eigenvalue weighted by atomic mass is 32.2. The lowest BCUT2D eigenvalue weighted by Gasteiger charge is -2.14. The van der Waals surface area contributed by atoms with E-state index in [1.807, 2.05) is 72.8 Å². The van der Waals surface area contributed by atoms with Crippen LogP contribution in [0, 0.1) is 6.92 Å². The van der Waals surface area contributed by atoms with Crippen LogP contribution in [0.15, 0.2) is 83.8 Å². The SMILES string of the molecule is Cc1ccccc1COc1ccccc1/C=C1/SC(=S)N(Cc2ccccc2)C1=O. The average Bonchev–Trinajstić information content (AvgIpc) is 3.02. The number of aryl methyl sites for hydroxylation is 1. The first-order chi connectivity index (χ1) is 14.6. The van der Waals surface area contributed by atoms with Crippen molar-refractivity contribution in [2.45, 2.75) is 20.1 Å². The normalized spacial score (nSPS) is 15.1. The van der Waals surface area contributed by atoms with Gasteiger partial charge in [0.1, 0.15) is 16.7 Å². The highest BCUT2D eigenvalue weighted by Crippen LogP contribution is 2.35. The molecule has 30 heavy (non-hydrogen) atoms. The number of hydrogen-bond donors (Lipinski definition) is 0. The molecule has 1 heterocycles. The van der Waals surface area contributed by atoms with Crippen molar-refractivity contribution in [3.8, 4) is 5.75 Å². The zero-order valence-corrected chi connectivity index (χ0v) is 18.2. The van der Waals surface area contributed by atoms with Crippen molar-refractivity contribution in [1.82, 2.24) is 4.90 Å². The maximum absolute atomic E-state index is 13.0. The zero-order valence-electron chi connectivity index (χ0n) is 16.6. The Bertz CT molecular complexity index is 1110. The van der Waals surface area contributed by atoms with Crippen molar-refractivity contribution < 1.29 is 9.53 Å². The van der Waals surface area contributed by atoms with Gasteiger partial charge in [0.15, 0.2) is 0 Å². The first-order valence-corrected chi connectivity index (χ1v) is 10.9. The van der Waals surface area contributed by atoms with Crippen LogP contribution in [0.2, 0.25) is 0 Å². The van der Waals surface area contributed by atoms with Gasteiger partial charge in [-0.3, -0.25) is 9.69 Å². The van der Waals surface area contributed by atoms with E-state index in [1.54, 1.807) is 4.90 Å². The standard InChI is InChI=1S/C25H21NO2S2/c1-18-9-5-6-13-21(18)17-28-22-14-8-7-12-20(22)15-23-24(27)26(25(29)30-23)16-19-10-3-2-4-11-19/h2-15H,16-17H2,1H3/b23-15+. The van der Waals surface area contributed by atoms with Crippen LogP contribution in [0.1, 0.15) is 22.3 Å². The molecule has 3 nitrogen and oxygen atoms in total. The molecule has 0 bridgehead atoms. The Kier molecular flexibility index (Phi) is 6.31. The molecule has 4 rings (SSSR count). The van der Waals surface area contributed by atoms with Crippen molar-refractivity contribution in [2.75, 3.05) is 0 Å². The Labute approximate surface area is 186 Å². The molecular weight excluding hydrogens is 410 g/mol. The van der Waals surface area contributed by atoms with Crippen LogP contribution in [-0.2, 0) is 17.9 Å². The molecule has 5 heteroatoms. The fourth-order valence-corrected chi connectivity index (χ4v) is 4.45. The summed E-state index contributed by atoms with van der Waals surface area (Å²) in [7, 11) is 0. The van der Waals surface area contributed by atoms with Gasteiger partial charge in [-0.2, -0.15) is 0 Å². The Morgan fingerprint density at radius 3 is 2.47 bits per heavy atom. The summed E-state index contributed by atoms with van der Waals surface area (Å²) in [4.78, 5) is 15.2. The van der Waals surface area contributed by atoms with E-state index in [9.17, 15) is 4.79 Å². The first kappa shape index (κ1) is 20.4. The van der Waals surface area contributed by atoms with Gasteiger partial charge < -0.3 is 4.74 Å². The van der Waals surface area contributed by atoms with Crippen molar-refractivity contribution >= 4 is 40.3 Å². The number of ether oxygens (including phenoxy) is 1. The largest absolute Gasteiger partial charge is 0.488 e. The number of hydrogen-bond acceptors (Lipinski definition) is 4. The van der Waals surface area contributed by atoms with Gasteiger partial charge in [-0.25, -0.2) is 0 Å². The number of thioether (sulfide) groups is 1. The topological polar surface area (TPSA) is 29.5 Å². The Hall–Kier alpha value is -2.89. The second-order valence-corrected chi connectivity index (χ2v) is 8.68. The van der Waals surface area contributed by atoms with Crippen LogP contribution in [-0.4, -0.2) is 15.1 Å². The maximum Gasteiger partial charge on any atom is 0.266 e. The van der Waals surface area contributed by atoms with Crippen LogP contribution in [0.25, 0.3) is 6.08 Å². The fourth-order valence-electron chi connectivity index (χ4n) is 3.20. The summed E-state index contributed by atoms with van der Waals surface area (Å²) in [5, 5.41) is 0. The molecule has 3 aromatic rings. The molecule has 1 amide bonds. The Morgan fingerprint density at radius 2 is 1.67 bits per heavy atom. The minimum Gasteiger partial charge on any atom is -0.488 e. The first-order valence-electron chi connectivity index (χ1n) is 9.67. The summed E-state index contributed by atoms with van der Waals surface area (Å²) >= 11 is 6.80. The number of rotatable bonds is 6. The molecule has 0 spiro atoms. The highest BCUT2D eigenvalue weighted by Gasteiger charge is 2.32. The smallest absolute Gasteiger partial charge is 0.266 e. The van der Waals surface area contributed by atoms with Crippen molar-refractivity contribution in [2.24, 2.45) is 0 Å². The molecule has 0 N–H and O–H groups in total. The lowest BCUT2D eigenvalue weighted by molar-refractivity contribution is -0.122. The summed E-state index contributed by atoms with van der Waals surface area (Å²) in [5.41, 5.74) is 4.25. The van der Waals surface area contributed by atoms with E-state index in [-0.39, 0.29) is 5.91 Å². The van der Waals surface area contributed by atoms with Crippen LogP contribution >= 0.6 is 24.0 Å². The third-order valence-electron chi connectivity index (χ3n) is 4.91. The number of carbonyl (C=O) groups is 1. The van der Waals surface area contributed by atoms with Crippen molar-refractivity contribution in [3.05, 3.63) is 106 Å². The Balaban J connectivity index is 1.53. The van der Waals surface area contributed by atoms with Crippen molar-refractivity contribution in [3.63, 3.8) is 0 Å². The van der Waals surface area contributed by atoms with Gasteiger partial charge in [-0.1, -0.05) is 96.8 Å². The molecule has 1 aliphatic heterocycles. The number of benzene rings is 3. The third kappa shape index (κ3) is 4.64. The number of carbonyl (C=O) groups excluding carboxylic acids is 1. The van der Waals surface area contributed by atoms with E-state index in [4.69, 9.17) is 17.0 Å². The van der Waals surface area contributed by atoms with E-state index in [1.165, 1.54) is 17.3 Å². The fraction of sp³-hybridized carbons (Fsp3) is 0.120. The average molecular weight is 432 g/mol. The summed E-state index contributed by atoms with van der Waals surface area (Å²) in [6.07, 6.45) is 1.87. The summed E-state index contributed by atoms with van der Waals surface area (Å²) in [5.74, 6) is 0.677. The summed E-state index contributed by atoms with van der Waals surface area (Å²) < 4.78 is 6.66. The molecule has 0 unspecified atom stereocenters. The number of amides is 1. The van der Waals surface area contributed by atoms with Gasteiger partial charge in [0.25, 0.3) is 5.91 Å². The quantitative estimate of drug-likeness (QED) is 0.355. The number of nitrogens with zero attached hydrogens (tertiary/aromatic N) is 1. The number of thiocarbonyl (C=S) groups is 1. The third-order valence-corrected chi connectivity index (χ3v) is 6.28. The molecule has 0 saturated carbocycles. The van der Waals surface area contributed by atoms with Crippen LogP contribution in [0.5, 0.6) is 5.75 Å². The van der Waals surface area contributed by atoms with Gasteiger partial charge in [0.2, 0.25) is 0 Å². The van der Waals surface area contributed by atoms with Gasteiger partial charge in [-0.05, 0) is 35.8 Å². The van der Waals surface area contributed by atoms with Gasteiger partial charge in [0.05, 0.1) is 11.4 Å². The van der Waals surface area contributed by atoms with Gasteiger partial charge in [0, 0.05) is 5.56 Å². The van der Waals surface area contributed by atoms with E-state index in [0.717, 1.165) is 22.4 Å². The van der Waals surface area contributed by atoms with Crippen molar-refractivity contribution in [1.29, 1.82) is 0 Å². The van der Waals surface area contributed by atoms with E-state index >= 15 is 0 Å². The monoisotopic (exact) mass is 431 g/mol. The molecule has 1 aliphatic rings. The predicted octanol–water partition coefficient (Wildman–Crippen LogP) is 5.98. The summed E-state index contributed by atoms with van der Waals surface area (Å²) in [6.45, 7) is 3.03. The molecule has 1 fully saturated rings. The van der Waals surface area contributed by atoms with E-state index < -0.39 is 0 Å². The minimum atomic E-state index is -0.0671. The zero-order chi connectivity index (χ0) is 20.9. The molecule has 0 aromatic heterocycles. The molecule has 150 valence electrons. The highest BCUT2D eigenvalue weighted by molar-refractivity contribution is 8.26. The summed E-state index contributed by atoms with van der Waals surface area (Å²) in [6, 6.07) is 25.8. The molecule has 1 saturated heterocycles. The van der Waals surface area contributed by atoms with Crippen LogP contribution in [0.4, 0.5) is 0 Å². The molecular formula is C25H21NO2S2. The van der Waals surface area contributed by atoms with Crippen LogP contribution < -0.4 is 4.74 Å². The lowest BCUT2D eigenvalue weighted by atomic mass is 10.1. The maximum atomic E-state index is 13.0. The molecule has 0 atom stereocenters. The number of para-hydroxylation sites is 1. The predicted molar refractivity (Wildman–Crippen MR) is 127 cm³/mol. The van der Waals surface area contributed by atoms with Gasteiger partial charge in [-0.15, -0.1) is 0 Å². The van der Waals surface area contributed by atoms with E-state index in [2.05, 4.69) is 19.1 Å².